The molecule has 1 fully saturated rings. The van der Waals surface area contributed by atoms with E-state index in [0.717, 1.165) is 22.4 Å². The van der Waals surface area contributed by atoms with E-state index in [0.29, 0.717) is 48.8 Å². The standard InChI is InChI=1S/C31H39F3N6O6S2/c1-19-6-7-20(27(16-19)40(2)48(5,44)45)8-14-25-24(31(32,33)34)18-35-30(37-25)38-26-15-9-21(17-28(26)46-3)29(41)36-22-10-12-23(13-11-22)39-47(4,42)43/h6-7,9,15-18,22-23,39H,8,10-14H2,1-5H3,(H,36,41)(H,35,37,38). The number of methoxy groups -OCH3 is 1. The lowest BCUT2D eigenvalue weighted by atomic mass is 9.91. The Balaban J connectivity index is 1.51. The fourth-order valence-corrected chi connectivity index (χ4v) is 6.87. The van der Waals surface area contributed by atoms with Crippen LogP contribution in [0.1, 0.15) is 58.4 Å². The maximum Gasteiger partial charge on any atom is 0.419 e. The van der Waals surface area contributed by atoms with Crippen LogP contribution >= 0.6 is 0 Å². The van der Waals surface area contributed by atoms with Crippen LogP contribution in [0.2, 0.25) is 0 Å². The van der Waals surface area contributed by atoms with Crippen LogP contribution in [0.25, 0.3) is 0 Å². The first-order valence-corrected chi connectivity index (χ1v) is 18.8. The van der Waals surface area contributed by atoms with Gasteiger partial charge < -0.3 is 15.4 Å². The molecule has 1 saturated carbocycles. The number of benzene rings is 2. The normalized spacial score (nSPS) is 17.1. The van der Waals surface area contributed by atoms with E-state index in [9.17, 15) is 34.8 Å². The van der Waals surface area contributed by atoms with Crippen molar-refractivity contribution >= 4 is 43.3 Å². The summed E-state index contributed by atoms with van der Waals surface area (Å²) < 4.78 is 98.5. The third-order valence-electron chi connectivity index (χ3n) is 8.04. The van der Waals surface area contributed by atoms with Crippen molar-refractivity contribution < 1.29 is 39.5 Å². The number of carbonyl (C=O) groups is 1. The summed E-state index contributed by atoms with van der Waals surface area (Å²) in [7, 11) is -4.17. The van der Waals surface area contributed by atoms with Gasteiger partial charge >= 0.3 is 6.18 Å². The Kier molecular flexibility index (Phi) is 11.3. The summed E-state index contributed by atoms with van der Waals surface area (Å²) >= 11 is 0. The Morgan fingerprint density at radius 1 is 1.00 bits per heavy atom. The first-order chi connectivity index (χ1) is 22.3. The zero-order chi connectivity index (χ0) is 35.4. The van der Waals surface area contributed by atoms with Crippen LogP contribution in [0.15, 0.2) is 42.6 Å². The molecular weight excluding hydrogens is 674 g/mol. The molecule has 2 aromatic carbocycles. The van der Waals surface area contributed by atoms with Gasteiger partial charge in [0.05, 0.1) is 42.3 Å². The SMILES string of the molecule is COc1cc(C(=O)NC2CCC(NS(C)(=O)=O)CC2)ccc1Nc1ncc(C(F)(F)F)c(CCc2ccc(C)cc2N(C)S(C)(=O)=O)n1. The van der Waals surface area contributed by atoms with E-state index in [-0.39, 0.29) is 53.8 Å². The molecule has 0 bridgehead atoms. The van der Waals surface area contributed by atoms with Crippen molar-refractivity contribution in [3.05, 3.63) is 70.5 Å². The molecule has 0 aliphatic heterocycles. The topological polar surface area (TPSA) is 160 Å². The number of aryl methyl sites for hydroxylation is 3. The highest BCUT2D eigenvalue weighted by atomic mass is 32.2. The van der Waals surface area contributed by atoms with Crippen molar-refractivity contribution in [3.8, 4) is 5.75 Å². The molecule has 1 aliphatic rings. The molecule has 1 aliphatic carbocycles. The fourth-order valence-electron chi connectivity index (χ4n) is 5.50. The largest absolute Gasteiger partial charge is 0.495 e. The van der Waals surface area contributed by atoms with Gasteiger partial charge in [-0.05, 0) is 80.8 Å². The molecule has 3 N–H and O–H groups in total. The van der Waals surface area contributed by atoms with E-state index >= 15 is 0 Å². The van der Waals surface area contributed by atoms with Gasteiger partial charge in [0.1, 0.15) is 5.75 Å². The van der Waals surface area contributed by atoms with Gasteiger partial charge in [0.2, 0.25) is 26.0 Å². The Morgan fingerprint density at radius 2 is 1.67 bits per heavy atom. The number of alkyl halides is 3. The Bertz CT molecular complexity index is 1860. The van der Waals surface area contributed by atoms with Gasteiger partial charge in [-0.1, -0.05) is 12.1 Å². The van der Waals surface area contributed by atoms with Gasteiger partial charge in [-0.15, -0.1) is 0 Å². The first kappa shape index (κ1) is 36.9. The number of nitrogens with zero attached hydrogens (tertiary/aromatic N) is 3. The number of hydrogen-bond donors (Lipinski definition) is 3. The summed E-state index contributed by atoms with van der Waals surface area (Å²) in [5, 5.41) is 5.84. The van der Waals surface area contributed by atoms with Crippen LogP contribution in [0.3, 0.4) is 0 Å². The second kappa shape index (κ2) is 14.7. The summed E-state index contributed by atoms with van der Waals surface area (Å²) in [4.78, 5) is 21.1. The van der Waals surface area contributed by atoms with Crippen LogP contribution < -0.4 is 24.4 Å². The summed E-state index contributed by atoms with van der Waals surface area (Å²) in [6.45, 7) is 1.79. The Labute approximate surface area is 278 Å². The maximum absolute atomic E-state index is 14.0. The summed E-state index contributed by atoms with van der Waals surface area (Å²) in [6.07, 6.45) is 0.395. The lowest BCUT2D eigenvalue weighted by Gasteiger charge is -2.29. The van der Waals surface area contributed by atoms with Crippen LogP contribution in [0.5, 0.6) is 5.75 Å². The molecule has 262 valence electrons. The van der Waals surface area contributed by atoms with Crippen LogP contribution in [0, 0.1) is 6.92 Å². The molecule has 0 radical (unpaired) electrons. The van der Waals surface area contributed by atoms with Gasteiger partial charge in [0.15, 0.2) is 0 Å². The average molecular weight is 713 g/mol. The lowest BCUT2D eigenvalue weighted by molar-refractivity contribution is -0.138. The predicted molar refractivity (Wildman–Crippen MR) is 177 cm³/mol. The van der Waals surface area contributed by atoms with E-state index < -0.39 is 31.8 Å². The number of aromatic nitrogens is 2. The second-order valence-corrected chi connectivity index (χ2v) is 15.7. The van der Waals surface area contributed by atoms with Gasteiger partial charge in [-0.3, -0.25) is 9.10 Å². The van der Waals surface area contributed by atoms with E-state index in [4.69, 9.17) is 4.74 Å². The van der Waals surface area contributed by atoms with E-state index in [1.165, 1.54) is 32.4 Å². The molecule has 0 unspecified atom stereocenters. The van der Waals surface area contributed by atoms with Gasteiger partial charge in [0, 0.05) is 30.9 Å². The molecule has 0 atom stereocenters. The van der Waals surface area contributed by atoms with Crippen molar-refractivity contribution in [3.63, 3.8) is 0 Å². The predicted octanol–water partition coefficient (Wildman–Crippen LogP) is 4.33. The van der Waals surface area contributed by atoms with Crippen LogP contribution in [-0.4, -0.2) is 71.5 Å². The average Bonchev–Trinajstić information content (AvgIpc) is 2.99. The minimum Gasteiger partial charge on any atom is -0.495 e. The number of carbonyl (C=O) groups excluding carboxylic acids is 1. The summed E-state index contributed by atoms with van der Waals surface area (Å²) in [5.74, 6) is -0.267. The lowest BCUT2D eigenvalue weighted by Crippen LogP contribution is -2.43. The van der Waals surface area contributed by atoms with Gasteiger partial charge in [-0.25, -0.2) is 31.5 Å². The fraction of sp³-hybridized carbons (Fsp3) is 0.452. The summed E-state index contributed by atoms with van der Waals surface area (Å²) in [6, 6.07) is 9.33. The molecule has 1 amide bonds. The molecule has 17 heteroatoms. The minimum atomic E-state index is -4.73. The van der Waals surface area contributed by atoms with E-state index in [2.05, 4.69) is 25.3 Å². The monoisotopic (exact) mass is 712 g/mol. The molecule has 48 heavy (non-hydrogen) atoms. The highest BCUT2D eigenvalue weighted by molar-refractivity contribution is 7.92. The zero-order valence-electron chi connectivity index (χ0n) is 27.2. The number of anilines is 3. The minimum absolute atomic E-state index is 0.0675. The number of amides is 1. The molecule has 3 aromatic rings. The molecule has 0 spiro atoms. The quantitative estimate of drug-likeness (QED) is 0.249. The van der Waals surface area contributed by atoms with E-state index in [1.54, 1.807) is 25.1 Å². The van der Waals surface area contributed by atoms with Crippen molar-refractivity contribution in [1.82, 2.24) is 20.0 Å². The number of nitrogens with one attached hydrogen (secondary N) is 3. The van der Waals surface area contributed by atoms with Crippen molar-refractivity contribution in [2.45, 2.75) is 63.7 Å². The number of hydrogen-bond acceptors (Lipinski definition) is 9. The smallest absolute Gasteiger partial charge is 0.419 e. The zero-order valence-corrected chi connectivity index (χ0v) is 28.8. The highest BCUT2D eigenvalue weighted by Crippen LogP contribution is 2.34. The van der Waals surface area contributed by atoms with Crippen molar-refractivity contribution in [1.29, 1.82) is 0 Å². The maximum atomic E-state index is 14.0. The molecule has 4 rings (SSSR count). The molecule has 0 saturated heterocycles. The Morgan fingerprint density at radius 3 is 2.27 bits per heavy atom. The first-order valence-electron chi connectivity index (χ1n) is 15.0. The third kappa shape index (κ3) is 9.79. The van der Waals surface area contributed by atoms with Crippen LogP contribution in [0.4, 0.5) is 30.5 Å². The van der Waals surface area contributed by atoms with Crippen molar-refractivity contribution in [2.24, 2.45) is 0 Å². The van der Waals surface area contributed by atoms with Crippen LogP contribution in [-0.2, 0) is 39.1 Å². The molecular formula is C31H39F3N6O6S2. The van der Waals surface area contributed by atoms with E-state index in [1.807, 2.05) is 0 Å². The summed E-state index contributed by atoms with van der Waals surface area (Å²) in [5.41, 5.74) is 0.979. The highest BCUT2D eigenvalue weighted by Gasteiger charge is 2.35. The second-order valence-electron chi connectivity index (χ2n) is 11.9. The van der Waals surface area contributed by atoms with Gasteiger partial charge in [-0.2, -0.15) is 13.2 Å². The number of rotatable bonds is 12. The number of halogens is 3. The van der Waals surface area contributed by atoms with Gasteiger partial charge in [0.25, 0.3) is 5.91 Å². The van der Waals surface area contributed by atoms with Crippen molar-refractivity contribution in [2.75, 3.05) is 36.3 Å². The number of sulfonamides is 2. The Hall–Kier alpha value is -3.96. The molecule has 12 nitrogen and oxygen atoms in total. The number of ether oxygens (including phenoxy) is 1. The molecule has 1 heterocycles. The third-order valence-corrected chi connectivity index (χ3v) is 9.99. The molecule has 1 aromatic heterocycles.